The van der Waals surface area contributed by atoms with Crippen LogP contribution in [0.5, 0.6) is 0 Å². The molecule has 0 saturated carbocycles. The van der Waals surface area contributed by atoms with Gasteiger partial charge in [0.1, 0.15) is 5.60 Å². The fourth-order valence-electron chi connectivity index (χ4n) is 1.32. The number of unbranched alkanes of at least 4 members (excludes halogenated alkanes) is 2. The zero-order valence-corrected chi connectivity index (χ0v) is 10.6. The summed E-state index contributed by atoms with van der Waals surface area (Å²) < 4.78 is 5.40. The number of carbonyl (C=O) groups excluding carboxylic acids is 1. The van der Waals surface area contributed by atoms with E-state index in [0.29, 0.717) is 12.0 Å². The van der Waals surface area contributed by atoms with Crippen molar-refractivity contribution in [2.45, 2.75) is 65.4 Å². The highest BCUT2D eigenvalue weighted by Crippen LogP contribution is 2.20. The predicted molar refractivity (Wildman–Crippen MR) is 63.7 cm³/mol. The van der Waals surface area contributed by atoms with Crippen molar-refractivity contribution >= 4 is 5.97 Å². The van der Waals surface area contributed by atoms with Crippen LogP contribution in [0.4, 0.5) is 0 Å². The van der Waals surface area contributed by atoms with Gasteiger partial charge in [-0.3, -0.25) is 0 Å². The van der Waals surface area contributed by atoms with Crippen LogP contribution in [0.1, 0.15) is 59.8 Å². The summed E-state index contributed by atoms with van der Waals surface area (Å²) in [6.07, 6.45) is 5.06. The molecule has 0 heterocycles. The molecule has 0 amide bonds. The lowest BCUT2D eigenvalue weighted by Gasteiger charge is -2.25. The maximum absolute atomic E-state index is 11.5. The highest BCUT2D eigenvalue weighted by atomic mass is 16.6. The SMILES string of the molecule is C=C(CC)C(=O)OC(C)(C)CCCCC. The second-order valence-corrected chi connectivity index (χ2v) is 4.56. The summed E-state index contributed by atoms with van der Waals surface area (Å²) in [5.74, 6) is -0.251. The third-order valence-corrected chi connectivity index (χ3v) is 2.47. The first-order chi connectivity index (χ1) is 6.93. The minimum atomic E-state index is -0.357. The van der Waals surface area contributed by atoms with Gasteiger partial charge in [0.15, 0.2) is 0 Å². The van der Waals surface area contributed by atoms with Crippen LogP contribution >= 0.6 is 0 Å². The van der Waals surface area contributed by atoms with E-state index in [9.17, 15) is 4.79 Å². The molecule has 0 atom stereocenters. The molecule has 0 aromatic heterocycles. The lowest BCUT2D eigenvalue weighted by molar-refractivity contribution is -0.152. The van der Waals surface area contributed by atoms with Crippen LogP contribution in [0, 0.1) is 0 Å². The zero-order valence-electron chi connectivity index (χ0n) is 10.6. The third kappa shape index (κ3) is 6.32. The Morgan fingerprint density at radius 3 is 2.33 bits per heavy atom. The van der Waals surface area contributed by atoms with Gasteiger partial charge in [0, 0.05) is 5.57 Å². The number of ether oxygens (including phenoxy) is 1. The molecule has 0 aliphatic heterocycles. The largest absolute Gasteiger partial charge is 0.456 e. The topological polar surface area (TPSA) is 26.3 Å². The first-order valence-electron chi connectivity index (χ1n) is 5.84. The molecule has 0 saturated heterocycles. The molecule has 0 unspecified atom stereocenters. The van der Waals surface area contributed by atoms with E-state index in [2.05, 4.69) is 13.5 Å². The fourth-order valence-corrected chi connectivity index (χ4v) is 1.32. The maximum atomic E-state index is 11.5. The Hall–Kier alpha value is -0.790. The average molecular weight is 212 g/mol. The van der Waals surface area contributed by atoms with Crippen molar-refractivity contribution in [1.29, 1.82) is 0 Å². The molecule has 0 aromatic carbocycles. The second-order valence-electron chi connectivity index (χ2n) is 4.56. The fraction of sp³-hybridized carbons (Fsp3) is 0.769. The molecule has 0 aromatic rings. The van der Waals surface area contributed by atoms with E-state index in [4.69, 9.17) is 4.74 Å². The summed E-state index contributed by atoms with van der Waals surface area (Å²) in [6, 6.07) is 0. The van der Waals surface area contributed by atoms with Gasteiger partial charge in [0.05, 0.1) is 0 Å². The molecule has 0 spiro atoms. The molecule has 0 aliphatic rings. The van der Waals surface area contributed by atoms with Crippen LogP contribution < -0.4 is 0 Å². The third-order valence-electron chi connectivity index (χ3n) is 2.47. The van der Waals surface area contributed by atoms with Gasteiger partial charge < -0.3 is 4.74 Å². The number of rotatable bonds is 7. The minimum absolute atomic E-state index is 0.251. The Balaban J connectivity index is 4.01. The monoisotopic (exact) mass is 212 g/mol. The van der Waals surface area contributed by atoms with Crippen LogP contribution in [0.25, 0.3) is 0 Å². The van der Waals surface area contributed by atoms with Crippen molar-refractivity contribution in [3.63, 3.8) is 0 Å². The zero-order chi connectivity index (χ0) is 11.9. The van der Waals surface area contributed by atoms with Crippen molar-refractivity contribution in [3.05, 3.63) is 12.2 Å². The Labute approximate surface area is 93.7 Å². The second kappa shape index (κ2) is 6.65. The minimum Gasteiger partial charge on any atom is -0.456 e. The molecule has 0 bridgehead atoms. The van der Waals surface area contributed by atoms with E-state index in [1.807, 2.05) is 20.8 Å². The molecule has 15 heavy (non-hydrogen) atoms. The number of carbonyl (C=O) groups is 1. The summed E-state index contributed by atoms with van der Waals surface area (Å²) in [6.45, 7) is 11.7. The van der Waals surface area contributed by atoms with Gasteiger partial charge >= 0.3 is 5.97 Å². The first-order valence-corrected chi connectivity index (χ1v) is 5.84. The molecule has 2 heteroatoms. The van der Waals surface area contributed by atoms with Gasteiger partial charge in [-0.2, -0.15) is 0 Å². The summed E-state index contributed by atoms with van der Waals surface area (Å²) in [7, 11) is 0. The lowest BCUT2D eigenvalue weighted by Crippen LogP contribution is -2.28. The summed E-state index contributed by atoms with van der Waals surface area (Å²) in [5.41, 5.74) is 0.197. The number of hydrogen-bond donors (Lipinski definition) is 0. The van der Waals surface area contributed by atoms with Crippen LogP contribution in [-0.2, 0) is 9.53 Å². The smallest absolute Gasteiger partial charge is 0.333 e. The van der Waals surface area contributed by atoms with Crippen LogP contribution in [0.15, 0.2) is 12.2 Å². The highest BCUT2D eigenvalue weighted by molar-refractivity contribution is 5.87. The summed E-state index contributed by atoms with van der Waals surface area (Å²) in [5, 5.41) is 0. The van der Waals surface area contributed by atoms with Gasteiger partial charge in [0.2, 0.25) is 0 Å². The van der Waals surface area contributed by atoms with Gasteiger partial charge in [0.25, 0.3) is 0 Å². The molecular formula is C13H24O2. The molecule has 2 nitrogen and oxygen atoms in total. The molecule has 88 valence electrons. The van der Waals surface area contributed by atoms with Gasteiger partial charge in [-0.05, 0) is 33.1 Å². The van der Waals surface area contributed by atoms with Crippen molar-refractivity contribution in [1.82, 2.24) is 0 Å². The molecule has 0 N–H and O–H groups in total. The van der Waals surface area contributed by atoms with Crippen LogP contribution in [0.3, 0.4) is 0 Å². The van der Waals surface area contributed by atoms with Crippen LogP contribution in [0.2, 0.25) is 0 Å². The molecular weight excluding hydrogens is 188 g/mol. The average Bonchev–Trinajstić information content (AvgIpc) is 2.16. The molecule has 0 rings (SSSR count). The molecule has 0 radical (unpaired) electrons. The Kier molecular flexibility index (Phi) is 6.30. The quantitative estimate of drug-likeness (QED) is 0.364. The number of hydrogen-bond acceptors (Lipinski definition) is 2. The lowest BCUT2D eigenvalue weighted by atomic mass is 10.0. The molecule has 0 aliphatic carbocycles. The van der Waals surface area contributed by atoms with Gasteiger partial charge in [-0.1, -0.05) is 33.3 Å². The first kappa shape index (κ1) is 14.2. The van der Waals surface area contributed by atoms with E-state index in [1.54, 1.807) is 0 Å². The van der Waals surface area contributed by atoms with Crippen LogP contribution in [-0.4, -0.2) is 11.6 Å². The van der Waals surface area contributed by atoms with E-state index < -0.39 is 0 Å². The maximum Gasteiger partial charge on any atom is 0.333 e. The highest BCUT2D eigenvalue weighted by Gasteiger charge is 2.22. The molecule has 0 fully saturated rings. The summed E-state index contributed by atoms with van der Waals surface area (Å²) in [4.78, 5) is 11.5. The van der Waals surface area contributed by atoms with Gasteiger partial charge in [-0.15, -0.1) is 0 Å². The van der Waals surface area contributed by atoms with E-state index in [1.165, 1.54) is 12.8 Å². The standard InChI is InChI=1S/C13H24O2/c1-6-8-9-10-13(4,5)15-12(14)11(3)7-2/h3,6-10H2,1-2,4-5H3. The normalized spacial score (nSPS) is 11.2. The Bertz CT molecular complexity index is 217. The predicted octanol–water partition coefficient (Wildman–Crippen LogP) is 3.85. The van der Waals surface area contributed by atoms with E-state index in [0.717, 1.165) is 12.8 Å². The van der Waals surface area contributed by atoms with E-state index >= 15 is 0 Å². The Morgan fingerprint density at radius 2 is 1.87 bits per heavy atom. The van der Waals surface area contributed by atoms with Crippen molar-refractivity contribution < 1.29 is 9.53 Å². The van der Waals surface area contributed by atoms with Crippen molar-refractivity contribution in [2.75, 3.05) is 0 Å². The van der Waals surface area contributed by atoms with E-state index in [-0.39, 0.29) is 11.6 Å². The summed E-state index contributed by atoms with van der Waals surface area (Å²) >= 11 is 0. The number of esters is 1. The van der Waals surface area contributed by atoms with Crippen molar-refractivity contribution in [2.24, 2.45) is 0 Å². The Morgan fingerprint density at radius 1 is 1.27 bits per heavy atom. The van der Waals surface area contributed by atoms with Crippen molar-refractivity contribution in [3.8, 4) is 0 Å². The van der Waals surface area contributed by atoms with Gasteiger partial charge in [-0.25, -0.2) is 4.79 Å².